The van der Waals surface area contributed by atoms with Gasteiger partial charge in [-0.1, -0.05) is 11.3 Å². The van der Waals surface area contributed by atoms with E-state index in [-0.39, 0.29) is 15.5 Å². The molecule has 0 saturated carbocycles. The first-order valence-corrected chi connectivity index (χ1v) is 7.41. The predicted octanol–water partition coefficient (Wildman–Crippen LogP) is 0.623. The molecule has 18 heavy (non-hydrogen) atoms. The minimum absolute atomic E-state index is 0.120. The minimum atomic E-state index is -3.67. The molecule has 2 rings (SSSR count). The van der Waals surface area contributed by atoms with Crippen molar-refractivity contribution in [1.82, 2.24) is 14.9 Å². The Balaban J connectivity index is 2.04. The Hall–Kier alpha value is -1.45. The summed E-state index contributed by atoms with van der Waals surface area (Å²) >= 11 is 0.826. The molecule has 9 heteroatoms. The normalized spacial score (nSPS) is 13.6. The van der Waals surface area contributed by atoms with Gasteiger partial charge >= 0.3 is 0 Å². The van der Waals surface area contributed by atoms with Crippen LogP contribution in [0.4, 0.5) is 5.13 Å². The highest BCUT2D eigenvalue weighted by Crippen LogP contribution is 2.17. The minimum Gasteiger partial charge on any atom is -0.469 e. The molecule has 3 N–H and O–H groups in total. The lowest BCUT2D eigenvalue weighted by Gasteiger charge is -2.10. The van der Waals surface area contributed by atoms with E-state index in [0.29, 0.717) is 12.2 Å². The second-order valence-electron chi connectivity index (χ2n) is 3.71. The van der Waals surface area contributed by atoms with Crippen molar-refractivity contribution in [3.8, 4) is 0 Å². The van der Waals surface area contributed by atoms with Crippen LogP contribution in [0.25, 0.3) is 0 Å². The summed E-state index contributed by atoms with van der Waals surface area (Å²) in [5, 5.41) is 7.10. The van der Waals surface area contributed by atoms with E-state index in [9.17, 15) is 8.42 Å². The van der Waals surface area contributed by atoms with Gasteiger partial charge in [0.1, 0.15) is 5.76 Å². The third kappa shape index (κ3) is 3.06. The van der Waals surface area contributed by atoms with Crippen molar-refractivity contribution in [2.45, 2.75) is 23.7 Å². The quantitative estimate of drug-likeness (QED) is 0.834. The Labute approximate surface area is 108 Å². The average Bonchev–Trinajstić information content (AvgIpc) is 2.88. The van der Waals surface area contributed by atoms with Crippen LogP contribution in [0.3, 0.4) is 0 Å². The number of nitrogens with one attached hydrogen (secondary N) is 1. The van der Waals surface area contributed by atoms with Gasteiger partial charge in [-0.3, -0.25) is 0 Å². The zero-order valence-corrected chi connectivity index (χ0v) is 11.2. The molecular weight excluding hydrogens is 276 g/mol. The number of nitrogen functional groups attached to an aromatic ring is 1. The van der Waals surface area contributed by atoms with E-state index < -0.39 is 10.0 Å². The molecule has 1 atom stereocenters. The molecule has 0 aliphatic carbocycles. The van der Waals surface area contributed by atoms with Crippen LogP contribution >= 0.6 is 11.3 Å². The number of aromatic nitrogens is 2. The highest BCUT2D eigenvalue weighted by Gasteiger charge is 2.22. The summed E-state index contributed by atoms with van der Waals surface area (Å²) in [4.78, 5) is 0. The Bertz CT molecular complexity index is 606. The van der Waals surface area contributed by atoms with Gasteiger partial charge in [0.2, 0.25) is 9.47 Å². The number of hydrogen-bond acceptors (Lipinski definition) is 7. The zero-order chi connectivity index (χ0) is 13.2. The predicted molar refractivity (Wildman–Crippen MR) is 66.5 cm³/mol. The summed E-state index contributed by atoms with van der Waals surface area (Å²) in [5.74, 6) is 0.710. The number of nitrogens with zero attached hydrogens (tertiary/aromatic N) is 2. The van der Waals surface area contributed by atoms with Gasteiger partial charge < -0.3 is 10.2 Å². The van der Waals surface area contributed by atoms with Crippen molar-refractivity contribution in [2.24, 2.45) is 0 Å². The molecule has 2 heterocycles. The summed E-state index contributed by atoms with van der Waals surface area (Å²) in [6, 6.07) is 3.22. The molecule has 2 aromatic rings. The van der Waals surface area contributed by atoms with Crippen LogP contribution in [0, 0.1) is 0 Å². The molecule has 0 fully saturated rings. The van der Waals surface area contributed by atoms with Gasteiger partial charge in [-0.2, -0.15) is 0 Å². The molecule has 7 nitrogen and oxygen atoms in total. The number of rotatable bonds is 5. The van der Waals surface area contributed by atoms with Gasteiger partial charge in [0.25, 0.3) is 10.0 Å². The Morgan fingerprint density at radius 1 is 1.56 bits per heavy atom. The summed E-state index contributed by atoms with van der Waals surface area (Å²) in [6.45, 7) is 1.74. The fraction of sp³-hybridized carbons (Fsp3) is 0.333. The molecule has 0 saturated heterocycles. The first-order valence-electron chi connectivity index (χ1n) is 5.11. The van der Waals surface area contributed by atoms with Crippen molar-refractivity contribution < 1.29 is 12.8 Å². The summed E-state index contributed by atoms with van der Waals surface area (Å²) in [7, 11) is -3.67. The maximum Gasteiger partial charge on any atom is 0.270 e. The number of nitrogens with two attached hydrogens (primary N) is 1. The van der Waals surface area contributed by atoms with Crippen LogP contribution in [-0.2, 0) is 16.4 Å². The summed E-state index contributed by atoms with van der Waals surface area (Å²) in [5.41, 5.74) is 5.35. The van der Waals surface area contributed by atoms with Gasteiger partial charge in [0.15, 0.2) is 0 Å². The van der Waals surface area contributed by atoms with E-state index in [4.69, 9.17) is 10.2 Å². The van der Waals surface area contributed by atoms with Crippen LogP contribution < -0.4 is 10.5 Å². The van der Waals surface area contributed by atoms with Gasteiger partial charge in [0, 0.05) is 12.5 Å². The first-order chi connectivity index (χ1) is 8.47. The Morgan fingerprint density at radius 3 is 2.89 bits per heavy atom. The first kappa shape index (κ1) is 13.0. The molecule has 0 aliphatic heterocycles. The second kappa shape index (κ2) is 5.04. The fourth-order valence-corrected chi connectivity index (χ4v) is 3.46. The van der Waals surface area contributed by atoms with Gasteiger partial charge in [-0.05, 0) is 19.1 Å². The molecule has 0 bridgehead atoms. The van der Waals surface area contributed by atoms with Crippen LogP contribution in [0.2, 0.25) is 0 Å². The number of hydrogen-bond donors (Lipinski definition) is 2. The van der Waals surface area contributed by atoms with E-state index in [1.54, 1.807) is 25.3 Å². The molecule has 0 amide bonds. The average molecular weight is 288 g/mol. The van der Waals surface area contributed by atoms with E-state index in [2.05, 4.69) is 14.9 Å². The van der Waals surface area contributed by atoms with E-state index >= 15 is 0 Å². The van der Waals surface area contributed by atoms with E-state index in [0.717, 1.165) is 11.3 Å². The van der Waals surface area contributed by atoms with Gasteiger partial charge in [0.05, 0.1) is 6.26 Å². The van der Waals surface area contributed by atoms with Crippen LogP contribution in [0.15, 0.2) is 27.2 Å². The molecule has 0 aliphatic rings. The summed E-state index contributed by atoms with van der Waals surface area (Å²) < 4.78 is 31.3. The van der Waals surface area contributed by atoms with Gasteiger partial charge in [-0.25, -0.2) is 13.1 Å². The van der Waals surface area contributed by atoms with Crippen LogP contribution in [0.1, 0.15) is 12.7 Å². The van der Waals surface area contributed by atoms with Crippen molar-refractivity contribution >= 4 is 26.5 Å². The molecular formula is C9H12N4O3S2. The largest absolute Gasteiger partial charge is 0.469 e. The summed E-state index contributed by atoms with van der Waals surface area (Å²) in [6.07, 6.45) is 2.00. The molecule has 2 aromatic heterocycles. The number of sulfonamides is 1. The molecule has 0 aromatic carbocycles. The third-order valence-electron chi connectivity index (χ3n) is 2.10. The van der Waals surface area contributed by atoms with E-state index in [1.165, 1.54) is 0 Å². The van der Waals surface area contributed by atoms with Crippen molar-refractivity contribution in [3.05, 3.63) is 24.2 Å². The molecule has 0 radical (unpaired) electrons. The highest BCUT2D eigenvalue weighted by molar-refractivity contribution is 7.91. The van der Waals surface area contributed by atoms with Crippen LogP contribution in [0.5, 0.6) is 0 Å². The molecule has 98 valence electrons. The van der Waals surface area contributed by atoms with E-state index in [1.807, 2.05) is 0 Å². The monoisotopic (exact) mass is 288 g/mol. The third-order valence-corrected chi connectivity index (χ3v) is 4.81. The SMILES string of the molecule is CC(Cc1ccco1)NS(=O)(=O)c1nnc(N)s1. The lowest BCUT2D eigenvalue weighted by Crippen LogP contribution is -2.34. The van der Waals surface area contributed by atoms with Crippen molar-refractivity contribution in [2.75, 3.05) is 5.73 Å². The highest BCUT2D eigenvalue weighted by atomic mass is 32.2. The number of furan rings is 1. The van der Waals surface area contributed by atoms with Gasteiger partial charge in [-0.15, -0.1) is 10.2 Å². The van der Waals surface area contributed by atoms with Crippen LogP contribution in [-0.4, -0.2) is 24.7 Å². The molecule has 0 spiro atoms. The molecule has 1 unspecified atom stereocenters. The lowest BCUT2D eigenvalue weighted by molar-refractivity contribution is 0.478. The van der Waals surface area contributed by atoms with Crippen molar-refractivity contribution in [3.63, 3.8) is 0 Å². The zero-order valence-electron chi connectivity index (χ0n) is 9.53. The lowest BCUT2D eigenvalue weighted by atomic mass is 10.2. The topological polar surface area (TPSA) is 111 Å². The van der Waals surface area contributed by atoms with Crippen molar-refractivity contribution in [1.29, 1.82) is 0 Å². The standard InChI is InChI=1S/C9H12N4O3S2/c1-6(5-7-3-2-4-16-7)13-18(14,15)9-12-11-8(10)17-9/h2-4,6,13H,5H2,1H3,(H2,10,11). The second-order valence-corrected chi connectivity index (χ2v) is 6.61. The maximum atomic E-state index is 11.9. The maximum absolute atomic E-state index is 11.9. The smallest absolute Gasteiger partial charge is 0.270 e. The fourth-order valence-electron chi connectivity index (χ4n) is 1.42. The number of anilines is 1. The Kier molecular flexibility index (Phi) is 3.64. The Morgan fingerprint density at radius 2 is 2.33 bits per heavy atom.